The summed E-state index contributed by atoms with van der Waals surface area (Å²) in [5, 5.41) is -0.456. The predicted octanol–water partition coefficient (Wildman–Crippen LogP) is 3.46. The van der Waals surface area contributed by atoms with Gasteiger partial charge in [-0.3, -0.25) is 0 Å². The third-order valence-corrected chi connectivity index (χ3v) is 4.69. The maximum Gasteiger partial charge on any atom is 0.154 e. The fourth-order valence-electron chi connectivity index (χ4n) is 1.82. The molecular formula is C15H16O2S. The standard InChI is InChI=1S/C15H16O2S/c1-12(18(2,16)17)13-8-10-15(11-9-13)14-6-4-3-5-7-14/h3-12H,1-2H3. The molecule has 0 saturated carbocycles. The first-order valence-corrected chi connectivity index (χ1v) is 7.78. The zero-order valence-electron chi connectivity index (χ0n) is 10.5. The minimum absolute atomic E-state index is 0.456. The third-order valence-electron chi connectivity index (χ3n) is 3.13. The minimum Gasteiger partial charge on any atom is -0.229 e. The van der Waals surface area contributed by atoms with Crippen molar-refractivity contribution >= 4 is 9.84 Å². The molecule has 0 aliphatic carbocycles. The van der Waals surface area contributed by atoms with Crippen LogP contribution in [0.2, 0.25) is 0 Å². The average Bonchev–Trinajstić information content (AvgIpc) is 2.38. The first kappa shape index (κ1) is 12.8. The van der Waals surface area contributed by atoms with Crippen molar-refractivity contribution in [1.29, 1.82) is 0 Å². The summed E-state index contributed by atoms with van der Waals surface area (Å²) in [7, 11) is -3.03. The Morgan fingerprint density at radius 1 is 0.833 bits per heavy atom. The Hall–Kier alpha value is -1.61. The molecular weight excluding hydrogens is 244 g/mol. The largest absolute Gasteiger partial charge is 0.229 e. The summed E-state index contributed by atoms with van der Waals surface area (Å²) >= 11 is 0. The van der Waals surface area contributed by atoms with E-state index in [1.165, 1.54) is 6.26 Å². The Kier molecular flexibility index (Phi) is 3.53. The van der Waals surface area contributed by atoms with Crippen molar-refractivity contribution in [3.05, 3.63) is 60.2 Å². The number of benzene rings is 2. The maximum absolute atomic E-state index is 11.5. The molecule has 18 heavy (non-hydrogen) atoms. The molecule has 0 heterocycles. The van der Waals surface area contributed by atoms with E-state index in [1.54, 1.807) is 6.92 Å². The molecule has 0 aromatic heterocycles. The van der Waals surface area contributed by atoms with E-state index in [4.69, 9.17) is 0 Å². The lowest BCUT2D eigenvalue weighted by Crippen LogP contribution is -2.07. The summed E-state index contributed by atoms with van der Waals surface area (Å²) in [6.07, 6.45) is 1.27. The SMILES string of the molecule is CC(c1ccc(-c2ccccc2)cc1)S(C)(=O)=O. The van der Waals surface area contributed by atoms with Crippen molar-refractivity contribution in [2.24, 2.45) is 0 Å². The van der Waals surface area contributed by atoms with E-state index in [0.29, 0.717) is 0 Å². The molecule has 0 aliphatic rings. The fraction of sp³-hybridized carbons (Fsp3) is 0.200. The molecule has 2 aromatic rings. The van der Waals surface area contributed by atoms with Crippen molar-refractivity contribution in [3.8, 4) is 11.1 Å². The predicted molar refractivity (Wildman–Crippen MR) is 75.1 cm³/mol. The van der Waals surface area contributed by atoms with Crippen LogP contribution in [-0.4, -0.2) is 14.7 Å². The second-order valence-corrected chi connectivity index (χ2v) is 6.83. The summed E-state index contributed by atoms with van der Waals surface area (Å²) < 4.78 is 23.0. The lowest BCUT2D eigenvalue weighted by Gasteiger charge is -2.10. The topological polar surface area (TPSA) is 34.1 Å². The van der Waals surface area contributed by atoms with Crippen molar-refractivity contribution in [2.75, 3.05) is 6.26 Å². The summed E-state index contributed by atoms with van der Waals surface area (Å²) in [6, 6.07) is 17.7. The number of rotatable bonds is 3. The Labute approximate surface area is 108 Å². The average molecular weight is 260 g/mol. The van der Waals surface area contributed by atoms with E-state index < -0.39 is 15.1 Å². The fourth-order valence-corrected chi connectivity index (χ4v) is 2.48. The van der Waals surface area contributed by atoms with Gasteiger partial charge in [-0.05, 0) is 23.6 Å². The van der Waals surface area contributed by atoms with Crippen LogP contribution in [-0.2, 0) is 9.84 Å². The van der Waals surface area contributed by atoms with Crippen LogP contribution in [0.3, 0.4) is 0 Å². The molecule has 0 radical (unpaired) electrons. The Morgan fingerprint density at radius 3 is 1.83 bits per heavy atom. The van der Waals surface area contributed by atoms with Crippen molar-refractivity contribution in [2.45, 2.75) is 12.2 Å². The molecule has 2 nitrogen and oxygen atoms in total. The normalized spacial score (nSPS) is 13.2. The van der Waals surface area contributed by atoms with Crippen LogP contribution in [0.15, 0.2) is 54.6 Å². The molecule has 94 valence electrons. The number of sulfone groups is 1. The number of hydrogen-bond donors (Lipinski definition) is 0. The van der Waals surface area contributed by atoms with Gasteiger partial charge in [0, 0.05) is 6.26 Å². The highest BCUT2D eigenvalue weighted by atomic mass is 32.2. The second-order valence-electron chi connectivity index (χ2n) is 4.46. The quantitative estimate of drug-likeness (QED) is 0.847. The van der Waals surface area contributed by atoms with Gasteiger partial charge in [-0.2, -0.15) is 0 Å². The number of hydrogen-bond acceptors (Lipinski definition) is 2. The van der Waals surface area contributed by atoms with Crippen LogP contribution < -0.4 is 0 Å². The van der Waals surface area contributed by atoms with Crippen molar-refractivity contribution in [3.63, 3.8) is 0 Å². The molecule has 1 atom stereocenters. The summed E-state index contributed by atoms with van der Waals surface area (Å²) in [4.78, 5) is 0. The third kappa shape index (κ3) is 2.79. The van der Waals surface area contributed by atoms with Crippen LogP contribution >= 0.6 is 0 Å². The monoisotopic (exact) mass is 260 g/mol. The molecule has 0 fully saturated rings. The van der Waals surface area contributed by atoms with Gasteiger partial charge in [0.05, 0.1) is 5.25 Å². The van der Waals surface area contributed by atoms with Gasteiger partial charge in [-0.1, -0.05) is 54.6 Å². The van der Waals surface area contributed by atoms with Crippen molar-refractivity contribution < 1.29 is 8.42 Å². The van der Waals surface area contributed by atoms with Gasteiger partial charge >= 0.3 is 0 Å². The van der Waals surface area contributed by atoms with Crippen LogP contribution in [0.1, 0.15) is 17.7 Å². The smallest absolute Gasteiger partial charge is 0.154 e. The second kappa shape index (κ2) is 4.94. The van der Waals surface area contributed by atoms with E-state index in [2.05, 4.69) is 0 Å². The zero-order valence-corrected chi connectivity index (χ0v) is 11.3. The lowest BCUT2D eigenvalue weighted by molar-refractivity contribution is 0.592. The van der Waals surface area contributed by atoms with Gasteiger partial charge < -0.3 is 0 Å². The summed E-state index contributed by atoms with van der Waals surface area (Å²) in [5.74, 6) is 0. The van der Waals surface area contributed by atoms with Gasteiger partial charge in [0.15, 0.2) is 9.84 Å². The molecule has 2 aromatic carbocycles. The first-order valence-electron chi connectivity index (χ1n) is 5.83. The zero-order chi connectivity index (χ0) is 13.2. The van der Waals surface area contributed by atoms with Crippen molar-refractivity contribution in [1.82, 2.24) is 0 Å². The molecule has 3 heteroatoms. The molecule has 0 saturated heterocycles. The molecule has 0 spiro atoms. The highest BCUT2D eigenvalue weighted by Gasteiger charge is 2.16. The van der Waals surface area contributed by atoms with Crippen LogP contribution in [0, 0.1) is 0 Å². The van der Waals surface area contributed by atoms with E-state index in [-0.39, 0.29) is 0 Å². The Balaban J connectivity index is 2.32. The summed E-state index contributed by atoms with van der Waals surface area (Å²) in [6.45, 7) is 1.72. The van der Waals surface area contributed by atoms with E-state index in [1.807, 2.05) is 54.6 Å². The highest BCUT2D eigenvalue weighted by Crippen LogP contribution is 2.25. The molecule has 1 unspecified atom stereocenters. The lowest BCUT2D eigenvalue weighted by atomic mass is 10.0. The van der Waals surface area contributed by atoms with Crippen LogP contribution in [0.4, 0.5) is 0 Å². The van der Waals surface area contributed by atoms with Crippen LogP contribution in [0.5, 0.6) is 0 Å². The van der Waals surface area contributed by atoms with Gasteiger partial charge in [0.25, 0.3) is 0 Å². The van der Waals surface area contributed by atoms with E-state index in [0.717, 1.165) is 16.7 Å². The molecule has 0 aliphatic heterocycles. The molecule has 0 amide bonds. The summed E-state index contributed by atoms with van der Waals surface area (Å²) in [5.41, 5.74) is 3.06. The van der Waals surface area contributed by atoms with Gasteiger partial charge in [-0.15, -0.1) is 0 Å². The van der Waals surface area contributed by atoms with E-state index in [9.17, 15) is 8.42 Å². The molecule has 2 rings (SSSR count). The highest BCUT2D eigenvalue weighted by molar-refractivity contribution is 7.90. The van der Waals surface area contributed by atoms with Gasteiger partial charge in [0.1, 0.15) is 0 Å². The minimum atomic E-state index is -3.03. The Bertz CT molecular complexity index is 613. The van der Waals surface area contributed by atoms with E-state index >= 15 is 0 Å². The maximum atomic E-state index is 11.5. The first-order chi connectivity index (χ1) is 8.48. The molecule has 0 N–H and O–H groups in total. The van der Waals surface area contributed by atoms with Crippen LogP contribution in [0.25, 0.3) is 11.1 Å². The molecule has 0 bridgehead atoms. The van der Waals surface area contributed by atoms with Gasteiger partial charge in [-0.25, -0.2) is 8.42 Å². The Morgan fingerprint density at radius 2 is 1.33 bits per heavy atom. The van der Waals surface area contributed by atoms with Gasteiger partial charge in [0.2, 0.25) is 0 Å².